The highest BCUT2D eigenvalue weighted by Gasteiger charge is 2.43. The maximum atomic E-state index is 10.1. The molecule has 0 aliphatic heterocycles. The van der Waals surface area contributed by atoms with Crippen molar-refractivity contribution in [2.24, 2.45) is 0 Å². The fraction of sp³-hybridized carbons (Fsp3) is 0.500. The van der Waals surface area contributed by atoms with Crippen LogP contribution >= 0.6 is 0 Å². The van der Waals surface area contributed by atoms with E-state index in [1.165, 1.54) is 0 Å². The van der Waals surface area contributed by atoms with Gasteiger partial charge in [-0.3, -0.25) is 0 Å². The van der Waals surface area contributed by atoms with Crippen molar-refractivity contribution in [3.63, 3.8) is 0 Å². The van der Waals surface area contributed by atoms with Gasteiger partial charge in [0.1, 0.15) is 11.6 Å². The van der Waals surface area contributed by atoms with E-state index in [9.17, 15) is 5.11 Å². The van der Waals surface area contributed by atoms with Crippen molar-refractivity contribution in [3.05, 3.63) is 17.7 Å². The summed E-state index contributed by atoms with van der Waals surface area (Å²) in [5.41, 5.74) is 0.120. The fourth-order valence-electron chi connectivity index (χ4n) is 1.76. The molecule has 0 bridgehead atoms. The van der Waals surface area contributed by atoms with Crippen molar-refractivity contribution < 1.29 is 27.7 Å². The predicted molar refractivity (Wildman–Crippen MR) is 70.9 cm³/mol. The van der Waals surface area contributed by atoms with Gasteiger partial charge in [0.15, 0.2) is 11.5 Å². The summed E-state index contributed by atoms with van der Waals surface area (Å²) >= 11 is -1.42. The Bertz CT molecular complexity index is 452. The summed E-state index contributed by atoms with van der Waals surface area (Å²) in [6.07, 6.45) is 1.57. The van der Waals surface area contributed by atoms with Gasteiger partial charge in [0.05, 0.1) is 26.9 Å². The second-order valence-electron chi connectivity index (χ2n) is 4.03. The van der Waals surface area contributed by atoms with Gasteiger partial charge in [-0.2, -0.15) is 0 Å². The molecule has 1 N–H and O–H groups in total. The molecule has 1 saturated carbocycles. The van der Waals surface area contributed by atoms with E-state index in [0.717, 1.165) is 18.4 Å². The third-order valence-electron chi connectivity index (χ3n) is 2.93. The van der Waals surface area contributed by atoms with Crippen molar-refractivity contribution >= 4 is 11.6 Å². The van der Waals surface area contributed by atoms with Gasteiger partial charge >= 0.3 is 0 Å². The molecule has 1 aromatic carbocycles. The van der Waals surface area contributed by atoms with Crippen LogP contribution in [0.4, 0.5) is 0 Å². The molecule has 6 nitrogen and oxygen atoms in total. The summed E-state index contributed by atoms with van der Waals surface area (Å²) in [6, 6.07) is 3.60. The van der Waals surface area contributed by atoms with Gasteiger partial charge in [0, 0.05) is 0 Å². The molecular weight excluding hydrogens is 272 g/mol. The SMILES string of the molecule is COc1cc(C2(O)CC2)cc(OC)c1OC.O=[SH2]=O. The first-order valence-electron chi connectivity index (χ1n) is 5.58. The van der Waals surface area contributed by atoms with Crippen molar-refractivity contribution in [2.75, 3.05) is 21.3 Å². The number of methoxy groups -OCH3 is 3. The Morgan fingerprint density at radius 2 is 1.47 bits per heavy atom. The molecular formula is C12H18O6S. The Morgan fingerprint density at radius 1 is 1.05 bits per heavy atom. The van der Waals surface area contributed by atoms with E-state index in [2.05, 4.69) is 0 Å². The number of aliphatic hydroxyl groups is 1. The Balaban J connectivity index is 0.000000550. The molecule has 0 radical (unpaired) electrons. The zero-order valence-electron chi connectivity index (χ0n) is 11.1. The topological polar surface area (TPSA) is 82.1 Å². The Labute approximate surface area is 114 Å². The minimum atomic E-state index is -1.42. The second kappa shape index (κ2) is 6.63. The summed E-state index contributed by atoms with van der Waals surface area (Å²) in [7, 11) is 4.70. The molecule has 1 aliphatic rings. The van der Waals surface area contributed by atoms with Crippen LogP contribution in [0.2, 0.25) is 0 Å². The van der Waals surface area contributed by atoms with Crippen LogP contribution in [0.25, 0.3) is 0 Å². The van der Waals surface area contributed by atoms with E-state index in [1.54, 1.807) is 33.5 Å². The number of benzene rings is 1. The first-order chi connectivity index (χ1) is 9.06. The van der Waals surface area contributed by atoms with Crippen LogP contribution in [-0.2, 0) is 17.2 Å². The molecule has 108 valence electrons. The third kappa shape index (κ3) is 3.51. The van der Waals surface area contributed by atoms with E-state index >= 15 is 0 Å². The summed E-state index contributed by atoms with van der Waals surface area (Å²) in [5.74, 6) is 1.72. The Kier molecular flexibility index (Phi) is 5.44. The lowest BCUT2D eigenvalue weighted by Crippen LogP contribution is -2.06. The summed E-state index contributed by atoms with van der Waals surface area (Å²) < 4.78 is 32.5. The largest absolute Gasteiger partial charge is 0.493 e. The number of rotatable bonds is 4. The maximum Gasteiger partial charge on any atom is 0.203 e. The number of hydrogen-bond acceptors (Lipinski definition) is 6. The van der Waals surface area contributed by atoms with Gasteiger partial charge in [-0.1, -0.05) is 0 Å². The van der Waals surface area contributed by atoms with Crippen LogP contribution in [0.15, 0.2) is 12.1 Å². The highest BCUT2D eigenvalue weighted by atomic mass is 32.1. The van der Waals surface area contributed by atoms with Crippen LogP contribution in [0.3, 0.4) is 0 Å². The van der Waals surface area contributed by atoms with E-state index < -0.39 is 17.2 Å². The van der Waals surface area contributed by atoms with E-state index in [-0.39, 0.29) is 0 Å². The van der Waals surface area contributed by atoms with Crippen molar-refractivity contribution in [1.29, 1.82) is 0 Å². The van der Waals surface area contributed by atoms with E-state index in [4.69, 9.17) is 22.6 Å². The lowest BCUT2D eigenvalue weighted by molar-refractivity contribution is 0.150. The highest BCUT2D eigenvalue weighted by molar-refractivity contribution is 7.51. The quantitative estimate of drug-likeness (QED) is 0.869. The average Bonchev–Trinajstić information content (AvgIpc) is 3.17. The van der Waals surface area contributed by atoms with Crippen LogP contribution in [0, 0.1) is 0 Å². The molecule has 1 aromatic rings. The van der Waals surface area contributed by atoms with Crippen LogP contribution in [0.5, 0.6) is 17.2 Å². The van der Waals surface area contributed by atoms with Gasteiger partial charge in [0.25, 0.3) is 0 Å². The second-order valence-corrected chi connectivity index (χ2v) is 4.20. The fourth-order valence-corrected chi connectivity index (χ4v) is 1.76. The highest BCUT2D eigenvalue weighted by Crippen LogP contribution is 2.49. The van der Waals surface area contributed by atoms with Crippen molar-refractivity contribution in [2.45, 2.75) is 18.4 Å². The van der Waals surface area contributed by atoms with Gasteiger partial charge in [-0.15, -0.1) is 0 Å². The van der Waals surface area contributed by atoms with Crippen LogP contribution in [-0.4, -0.2) is 34.9 Å². The first kappa shape index (κ1) is 15.6. The number of hydrogen-bond donors (Lipinski definition) is 1. The summed E-state index contributed by atoms with van der Waals surface area (Å²) in [6.45, 7) is 0. The molecule has 1 aliphatic carbocycles. The van der Waals surface area contributed by atoms with Crippen molar-refractivity contribution in [1.82, 2.24) is 0 Å². The van der Waals surface area contributed by atoms with Gasteiger partial charge in [-0.05, 0) is 30.5 Å². The molecule has 1 fully saturated rings. The van der Waals surface area contributed by atoms with E-state index in [1.807, 2.05) is 0 Å². The normalized spacial score (nSPS) is 14.9. The number of ether oxygens (including phenoxy) is 3. The maximum absolute atomic E-state index is 10.1. The molecule has 19 heavy (non-hydrogen) atoms. The minimum absolute atomic E-state index is 0.554. The van der Waals surface area contributed by atoms with Crippen LogP contribution < -0.4 is 14.2 Å². The molecule has 0 atom stereocenters. The standard InChI is InChI=1S/C12H16O4.H2O2S/c1-14-9-6-8(12(13)4-5-12)7-10(15-2)11(9)16-3;1-3-2/h6-7,13H,4-5H2,1-3H3;3H2. The lowest BCUT2D eigenvalue weighted by atomic mass is 10.1. The first-order valence-corrected chi connectivity index (χ1v) is 6.40. The Hall–Kier alpha value is -1.47. The monoisotopic (exact) mass is 290 g/mol. The van der Waals surface area contributed by atoms with Gasteiger partial charge < -0.3 is 19.3 Å². The van der Waals surface area contributed by atoms with E-state index in [0.29, 0.717) is 17.2 Å². The molecule has 2 rings (SSSR count). The smallest absolute Gasteiger partial charge is 0.203 e. The third-order valence-corrected chi connectivity index (χ3v) is 2.93. The average molecular weight is 290 g/mol. The van der Waals surface area contributed by atoms with Crippen LogP contribution in [0.1, 0.15) is 18.4 Å². The zero-order valence-corrected chi connectivity index (χ0v) is 12.1. The summed E-state index contributed by atoms with van der Waals surface area (Å²) in [4.78, 5) is 0. The molecule has 0 amide bonds. The minimum Gasteiger partial charge on any atom is -0.493 e. The summed E-state index contributed by atoms with van der Waals surface area (Å²) in [5, 5.41) is 10.1. The zero-order chi connectivity index (χ0) is 14.5. The molecule has 0 spiro atoms. The van der Waals surface area contributed by atoms with Gasteiger partial charge in [0.2, 0.25) is 5.75 Å². The molecule has 7 heteroatoms. The predicted octanol–water partition coefficient (Wildman–Crippen LogP) is 0.488. The lowest BCUT2D eigenvalue weighted by Gasteiger charge is -2.16. The Morgan fingerprint density at radius 3 is 1.74 bits per heavy atom. The molecule has 0 heterocycles. The molecule has 0 unspecified atom stereocenters. The molecule has 0 aromatic heterocycles. The van der Waals surface area contributed by atoms with Crippen molar-refractivity contribution in [3.8, 4) is 17.2 Å². The molecule has 0 saturated heterocycles. The van der Waals surface area contributed by atoms with Gasteiger partial charge in [-0.25, -0.2) is 8.42 Å².